The summed E-state index contributed by atoms with van der Waals surface area (Å²) in [5.41, 5.74) is 1.91. The first kappa shape index (κ1) is 18.5. The van der Waals surface area contributed by atoms with Crippen molar-refractivity contribution in [2.45, 2.75) is 13.5 Å². The number of halogens is 1. The number of urea groups is 1. The molecule has 0 radical (unpaired) electrons. The highest BCUT2D eigenvalue weighted by molar-refractivity contribution is 6.32. The van der Waals surface area contributed by atoms with Gasteiger partial charge in [0.05, 0.1) is 11.6 Å². The second kappa shape index (κ2) is 8.87. The first-order valence-corrected chi connectivity index (χ1v) is 9.13. The number of carbonyl (C=O) groups is 1. The fourth-order valence-electron chi connectivity index (χ4n) is 2.91. The molecule has 7 heteroatoms. The van der Waals surface area contributed by atoms with Gasteiger partial charge in [0, 0.05) is 50.8 Å². The number of aromatic nitrogens is 1. The molecule has 2 heterocycles. The highest BCUT2D eigenvalue weighted by Gasteiger charge is 2.21. The predicted octanol–water partition coefficient (Wildman–Crippen LogP) is 3.48. The van der Waals surface area contributed by atoms with E-state index in [4.69, 9.17) is 16.3 Å². The maximum Gasteiger partial charge on any atom is 0.321 e. The Balaban J connectivity index is 1.50. The third-order valence-electron chi connectivity index (χ3n) is 4.30. The summed E-state index contributed by atoms with van der Waals surface area (Å²) in [4.78, 5) is 20.7. The lowest BCUT2D eigenvalue weighted by molar-refractivity contribution is 0.143. The van der Waals surface area contributed by atoms with Gasteiger partial charge in [-0.05, 0) is 42.8 Å². The van der Waals surface area contributed by atoms with E-state index in [1.807, 2.05) is 24.0 Å². The van der Waals surface area contributed by atoms with Crippen LogP contribution in [-0.4, -0.2) is 53.6 Å². The van der Waals surface area contributed by atoms with Crippen molar-refractivity contribution in [3.63, 3.8) is 0 Å². The van der Waals surface area contributed by atoms with Crippen LogP contribution in [0.15, 0.2) is 42.7 Å². The quantitative estimate of drug-likeness (QED) is 0.870. The van der Waals surface area contributed by atoms with Crippen LogP contribution in [0.1, 0.15) is 12.5 Å². The number of benzene rings is 1. The first-order chi connectivity index (χ1) is 12.7. The van der Waals surface area contributed by atoms with Crippen molar-refractivity contribution in [2.75, 3.05) is 38.1 Å². The molecule has 26 heavy (non-hydrogen) atoms. The second-order valence-electron chi connectivity index (χ2n) is 6.13. The maximum absolute atomic E-state index is 12.5. The zero-order valence-electron chi connectivity index (χ0n) is 14.8. The standard InChI is InChI=1S/C19H23ClN4O2/c1-2-26-18-4-3-16(13-17(18)20)22-19(25)24-11-9-23(10-12-24)14-15-5-7-21-8-6-15/h3-8,13H,2,9-12,14H2,1H3,(H,22,25). The van der Waals surface area contributed by atoms with Gasteiger partial charge < -0.3 is 15.0 Å². The molecule has 1 aromatic carbocycles. The fraction of sp³-hybridized carbons (Fsp3) is 0.368. The minimum absolute atomic E-state index is 0.103. The van der Waals surface area contributed by atoms with E-state index < -0.39 is 0 Å². The molecule has 2 amide bonds. The number of nitrogens with zero attached hydrogens (tertiary/aromatic N) is 3. The molecule has 0 aliphatic carbocycles. The SMILES string of the molecule is CCOc1ccc(NC(=O)N2CCN(Cc3ccncc3)CC2)cc1Cl. The Labute approximate surface area is 158 Å². The van der Waals surface area contributed by atoms with Crippen LogP contribution in [0.25, 0.3) is 0 Å². The summed E-state index contributed by atoms with van der Waals surface area (Å²) >= 11 is 6.17. The third-order valence-corrected chi connectivity index (χ3v) is 4.59. The van der Waals surface area contributed by atoms with Crippen molar-refractivity contribution in [2.24, 2.45) is 0 Å². The maximum atomic E-state index is 12.5. The first-order valence-electron chi connectivity index (χ1n) is 8.75. The van der Waals surface area contributed by atoms with Gasteiger partial charge in [-0.15, -0.1) is 0 Å². The molecule has 1 saturated heterocycles. The summed E-state index contributed by atoms with van der Waals surface area (Å²) < 4.78 is 5.41. The zero-order chi connectivity index (χ0) is 18.4. The van der Waals surface area contributed by atoms with E-state index in [2.05, 4.69) is 15.2 Å². The predicted molar refractivity (Wildman–Crippen MR) is 103 cm³/mol. The Bertz CT molecular complexity index is 734. The Hall–Kier alpha value is -2.31. The van der Waals surface area contributed by atoms with E-state index in [1.54, 1.807) is 30.6 Å². The number of carbonyl (C=O) groups excluding carboxylic acids is 1. The largest absolute Gasteiger partial charge is 0.492 e. The number of anilines is 1. The van der Waals surface area contributed by atoms with Gasteiger partial charge in [0.25, 0.3) is 0 Å². The van der Waals surface area contributed by atoms with Crippen molar-refractivity contribution in [3.8, 4) is 5.75 Å². The van der Waals surface area contributed by atoms with E-state index in [-0.39, 0.29) is 6.03 Å². The normalized spacial score (nSPS) is 14.9. The van der Waals surface area contributed by atoms with Gasteiger partial charge >= 0.3 is 6.03 Å². The third kappa shape index (κ3) is 4.86. The lowest BCUT2D eigenvalue weighted by Gasteiger charge is -2.34. The molecule has 138 valence electrons. The van der Waals surface area contributed by atoms with Gasteiger partial charge in [-0.3, -0.25) is 9.88 Å². The van der Waals surface area contributed by atoms with Crippen LogP contribution < -0.4 is 10.1 Å². The topological polar surface area (TPSA) is 57.7 Å². The molecule has 3 rings (SSSR count). The van der Waals surface area contributed by atoms with Crippen LogP contribution in [0.2, 0.25) is 5.02 Å². The number of hydrogen-bond acceptors (Lipinski definition) is 4. The van der Waals surface area contributed by atoms with Gasteiger partial charge in [-0.2, -0.15) is 0 Å². The average Bonchev–Trinajstić information content (AvgIpc) is 2.65. The molecule has 1 aliphatic rings. The van der Waals surface area contributed by atoms with Crippen LogP contribution in [0.5, 0.6) is 5.75 Å². The summed E-state index contributed by atoms with van der Waals surface area (Å²) in [6, 6.07) is 9.23. The summed E-state index contributed by atoms with van der Waals surface area (Å²) in [5, 5.41) is 3.40. The van der Waals surface area contributed by atoms with Gasteiger partial charge in [0.2, 0.25) is 0 Å². The highest BCUT2D eigenvalue weighted by atomic mass is 35.5. The lowest BCUT2D eigenvalue weighted by Crippen LogP contribution is -2.49. The van der Waals surface area contributed by atoms with E-state index in [1.165, 1.54) is 5.56 Å². The summed E-state index contributed by atoms with van der Waals surface area (Å²) in [6.07, 6.45) is 3.61. The molecule has 0 spiro atoms. The molecule has 0 bridgehead atoms. The van der Waals surface area contributed by atoms with Crippen LogP contribution >= 0.6 is 11.6 Å². The molecule has 6 nitrogen and oxygen atoms in total. The summed E-state index contributed by atoms with van der Waals surface area (Å²) in [5.74, 6) is 0.622. The van der Waals surface area contributed by atoms with E-state index in [0.717, 1.165) is 19.6 Å². The van der Waals surface area contributed by atoms with E-state index >= 15 is 0 Å². The Morgan fingerprint density at radius 1 is 1.19 bits per heavy atom. The molecule has 0 saturated carbocycles. The molecule has 1 fully saturated rings. The Morgan fingerprint density at radius 3 is 2.58 bits per heavy atom. The van der Waals surface area contributed by atoms with Gasteiger partial charge in [-0.25, -0.2) is 4.79 Å². The lowest BCUT2D eigenvalue weighted by atomic mass is 10.2. The second-order valence-corrected chi connectivity index (χ2v) is 6.53. The average molecular weight is 375 g/mol. The van der Waals surface area contributed by atoms with Crippen LogP contribution in [-0.2, 0) is 6.54 Å². The number of amides is 2. The van der Waals surface area contributed by atoms with Crippen molar-refractivity contribution in [3.05, 3.63) is 53.3 Å². The van der Waals surface area contributed by atoms with Crippen LogP contribution in [0.4, 0.5) is 10.5 Å². The summed E-state index contributed by atoms with van der Waals surface area (Å²) in [6.45, 7) is 6.42. The number of piperazine rings is 1. The number of rotatable bonds is 5. The molecule has 1 N–H and O–H groups in total. The molecular weight excluding hydrogens is 352 g/mol. The van der Waals surface area contributed by atoms with Gasteiger partial charge in [0.1, 0.15) is 5.75 Å². The van der Waals surface area contributed by atoms with Crippen molar-refractivity contribution < 1.29 is 9.53 Å². The minimum atomic E-state index is -0.103. The molecule has 2 aromatic rings. The highest BCUT2D eigenvalue weighted by Crippen LogP contribution is 2.27. The Kier molecular flexibility index (Phi) is 6.30. The van der Waals surface area contributed by atoms with Gasteiger partial charge in [0.15, 0.2) is 0 Å². The molecule has 1 aromatic heterocycles. The fourth-order valence-corrected chi connectivity index (χ4v) is 3.14. The zero-order valence-corrected chi connectivity index (χ0v) is 15.6. The molecular formula is C19H23ClN4O2. The van der Waals surface area contributed by atoms with Crippen molar-refractivity contribution in [1.29, 1.82) is 0 Å². The smallest absolute Gasteiger partial charge is 0.321 e. The molecule has 1 aliphatic heterocycles. The minimum Gasteiger partial charge on any atom is -0.492 e. The number of nitrogens with one attached hydrogen (secondary N) is 1. The van der Waals surface area contributed by atoms with Crippen LogP contribution in [0.3, 0.4) is 0 Å². The van der Waals surface area contributed by atoms with Crippen LogP contribution in [0, 0.1) is 0 Å². The Morgan fingerprint density at radius 2 is 1.92 bits per heavy atom. The molecule has 0 atom stereocenters. The van der Waals surface area contributed by atoms with E-state index in [9.17, 15) is 4.79 Å². The monoisotopic (exact) mass is 374 g/mol. The summed E-state index contributed by atoms with van der Waals surface area (Å²) in [7, 11) is 0. The van der Waals surface area contributed by atoms with Crippen molar-refractivity contribution in [1.82, 2.24) is 14.8 Å². The van der Waals surface area contributed by atoms with E-state index in [0.29, 0.717) is 36.2 Å². The van der Waals surface area contributed by atoms with Gasteiger partial charge in [-0.1, -0.05) is 11.6 Å². The van der Waals surface area contributed by atoms with Crippen molar-refractivity contribution >= 4 is 23.3 Å². The molecule has 0 unspecified atom stereocenters. The number of hydrogen-bond donors (Lipinski definition) is 1. The number of pyridine rings is 1. The number of ether oxygens (including phenoxy) is 1.